The van der Waals surface area contributed by atoms with Gasteiger partial charge in [-0.2, -0.15) is 0 Å². The van der Waals surface area contributed by atoms with Crippen molar-refractivity contribution in [3.63, 3.8) is 0 Å². The van der Waals surface area contributed by atoms with Crippen molar-refractivity contribution in [3.8, 4) is 0 Å². The molecule has 2 nitrogen and oxygen atoms in total. The first-order valence-electron chi connectivity index (χ1n) is 11.6. The molecule has 2 saturated carbocycles. The van der Waals surface area contributed by atoms with Crippen LogP contribution in [0, 0.1) is 11.8 Å². The summed E-state index contributed by atoms with van der Waals surface area (Å²) in [5.74, 6) is 1.25. The number of rotatable bonds is 4. The van der Waals surface area contributed by atoms with Crippen molar-refractivity contribution in [1.29, 1.82) is 0 Å². The Labute approximate surface area is 166 Å². The second kappa shape index (κ2) is 8.25. The Kier molecular flexibility index (Phi) is 5.94. The van der Waals surface area contributed by atoms with Crippen LogP contribution < -0.4 is 0 Å². The fourth-order valence-corrected chi connectivity index (χ4v) is 6.46. The molecule has 2 heteroatoms. The fourth-order valence-electron chi connectivity index (χ4n) is 6.46. The van der Waals surface area contributed by atoms with Crippen molar-refractivity contribution in [2.75, 3.05) is 6.54 Å². The van der Waals surface area contributed by atoms with Gasteiger partial charge in [-0.25, -0.2) is 0 Å². The lowest BCUT2D eigenvalue weighted by atomic mass is 9.59. The van der Waals surface area contributed by atoms with Gasteiger partial charge in [0, 0.05) is 25.0 Å². The van der Waals surface area contributed by atoms with E-state index in [-0.39, 0.29) is 5.92 Å². The number of nitrogens with zero attached hydrogens (tertiary/aromatic N) is 1. The van der Waals surface area contributed by atoms with Gasteiger partial charge in [-0.05, 0) is 62.5 Å². The first kappa shape index (κ1) is 19.5. The lowest BCUT2D eigenvalue weighted by Gasteiger charge is -2.53. The first-order chi connectivity index (χ1) is 13.1. The lowest BCUT2D eigenvalue weighted by Crippen LogP contribution is -2.56. The molecule has 0 bridgehead atoms. The molecule has 2 fully saturated rings. The minimum Gasteiger partial charge on any atom is -0.389 e. The minimum absolute atomic E-state index is 0.274. The van der Waals surface area contributed by atoms with E-state index < -0.39 is 5.60 Å². The molecule has 1 aliphatic heterocycles. The van der Waals surface area contributed by atoms with E-state index in [0.717, 1.165) is 13.1 Å². The standard InChI is InChI=1S/C25H39NO/c1-19(2)26-17-20-11-9-10-16-23(20)24(18-26)25(27,21-12-5-3-6-13-21)22-14-7-4-8-15-22/h9-11,16,19,21-22,24,27H,3-8,12-15,17-18H2,1-2H3. The molecular formula is C25H39NO. The molecule has 1 aromatic rings. The Bertz CT molecular complexity index is 595. The normalized spacial score (nSPS) is 26.3. The molecule has 0 radical (unpaired) electrons. The van der Waals surface area contributed by atoms with E-state index in [1.165, 1.54) is 75.3 Å². The summed E-state index contributed by atoms with van der Waals surface area (Å²) >= 11 is 0. The van der Waals surface area contributed by atoms with E-state index >= 15 is 0 Å². The molecule has 0 saturated heterocycles. The van der Waals surface area contributed by atoms with Crippen LogP contribution in [0.2, 0.25) is 0 Å². The van der Waals surface area contributed by atoms with Gasteiger partial charge in [0.25, 0.3) is 0 Å². The number of aliphatic hydroxyl groups is 1. The third-order valence-electron chi connectivity index (χ3n) is 8.03. The minimum atomic E-state index is -0.523. The quantitative estimate of drug-likeness (QED) is 0.716. The highest BCUT2D eigenvalue weighted by atomic mass is 16.3. The molecule has 0 aromatic heterocycles. The van der Waals surface area contributed by atoms with Crippen LogP contribution in [0.25, 0.3) is 0 Å². The summed E-state index contributed by atoms with van der Waals surface area (Å²) in [7, 11) is 0. The first-order valence-corrected chi connectivity index (χ1v) is 11.6. The smallest absolute Gasteiger partial charge is 0.0784 e. The number of benzene rings is 1. The predicted octanol–water partition coefficient (Wildman–Crippen LogP) is 5.89. The van der Waals surface area contributed by atoms with Crippen LogP contribution in [0.1, 0.15) is 95.1 Å². The van der Waals surface area contributed by atoms with Crippen molar-refractivity contribution in [2.24, 2.45) is 11.8 Å². The van der Waals surface area contributed by atoms with E-state index in [9.17, 15) is 5.11 Å². The average molecular weight is 370 g/mol. The van der Waals surface area contributed by atoms with Crippen LogP contribution >= 0.6 is 0 Å². The molecule has 150 valence electrons. The van der Waals surface area contributed by atoms with Gasteiger partial charge in [0.1, 0.15) is 0 Å². The Morgan fingerprint density at radius 3 is 2.00 bits per heavy atom. The Morgan fingerprint density at radius 1 is 0.889 bits per heavy atom. The summed E-state index contributed by atoms with van der Waals surface area (Å²) in [6.45, 7) is 6.68. The van der Waals surface area contributed by atoms with Crippen LogP contribution in [0.15, 0.2) is 24.3 Å². The number of hydrogen-bond acceptors (Lipinski definition) is 2. The van der Waals surface area contributed by atoms with E-state index in [2.05, 4.69) is 43.0 Å². The van der Waals surface area contributed by atoms with Crippen molar-refractivity contribution in [3.05, 3.63) is 35.4 Å². The van der Waals surface area contributed by atoms with E-state index in [1.807, 2.05) is 0 Å². The third-order valence-corrected chi connectivity index (χ3v) is 8.03. The van der Waals surface area contributed by atoms with Crippen molar-refractivity contribution < 1.29 is 5.11 Å². The summed E-state index contributed by atoms with van der Waals surface area (Å²) in [6.07, 6.45) is 12.9. The summed E-state index contributed by atoms with van der Waals surface area (Å²) in [5.41, 5.74) is 2.38. The molecule has 2 aliphatic carbocycles. The van der Waals surface area contributed by atoms with Crippen LogP contribution in [-0.4, -0.2) is 28.2 Å². The van der Waals surface area contributed by atoms with Gasteiger partial charge >= 0.3 is 0 Å². The largest absolute Gasteiger partial charge is 0.389 e. The summed E-state index contributed by atoms with van der Waals surface area (Å²) in [4.78, 5) is 2.60. The van der Waals surface area contributed by atoms with Crippen molar-refractivity contribution in [2.45, 2.75) is 102 Å². The van der Waals surface area contributed by atoms with Crippen LogP contribution in [0.3, 0.4) is 0 Å². The van der Waals surface area contributed by atoms with Gasteiger partial charge in [-0.3, -0.25) is 4.90 Å². The van der Waals surface area contributed by atoms with Gasteiger partial charge in [0.05, 0.1) is 5.60 Å². The van der Waals surface area contributed by atoms with Crippen molar-refractivity contribution in [1.82, 2.24) is 4.90 Å². The third kappa shape index (κ3) is 3.72. The molecule has 3 aliphatic rings. The number of hydrogen-bond donors (Lipinski definition) is 1. The highest BCUT2D eigenvalue weighted by Gasteiger charge is 2.51. The van der Waals surface area contributed by atoms with Crippen LogP contribution in [0.4, 0.5) is 0 Å². The molecule has 27 heavy (non-hydrogen) atoms. The zero-order valence-electron chi connectivity index (χ0n) is 17.5. The zero-order chi connectivity index (χ0) is 18.9. The fraction of sp³-hybridized carbons (Fsp3) is 0.760. The van der Waals surface area contributed by atoms with Crippen LogP contribution in [0.5, 0.6) is 0 Å². The summed E-state index contributed by atoms with van der Waals surface area (Å²) in [6, 6.07) is 9.54. The maximum absolute atomic E-state index is 12.6. The van der Waals surface area contributed by atoms with E-state index in [4.69, 9.17) is 0 Å². The maximum atomic E-state index is 12.6. The molecule has 1 atom stereocenters. The monoisotopic (exact) mass is 369 g/mol. The summed E-state index contributed by atoms with van der Waals surface area (Å²) in [5, 5.41) is 12.6. The Hall–Kier alpha value is -0.860. The molecule has 1 unspecified atom stereocenters. The number of fused-ring (bicyclic) bond motifs is 1. The SMILES string of the molecule is CC(C)N1Cc2ccccc2C(C(O)(C2CCCCC2)C2CCCCC2)C1. The highest BCUT2D eigenvalue weighted by Crippen LogP contribution is 2.51. The van der Waals surface area contributed by atoms with Gasteiger partial charge in [-0.15, -0.1) is 0 Å². The zero-order valence-corrected chi connectivity index (χ0v) is 17.5. The Morgan fingerprint density at radius 2 is 1.44 bits per heavy atom. The second-order valence-corrected chi connectivity index (χ2v) is 9.83. The van der Waals surface area contributed by atoms with Gasteiger partial charge < -0.3 is 5.11 Å². The highest BCUT2D eigenvalue weighted by molar-refractivity contribution is 5.36. The van der Waals surface area contributed by atoms with Crippen molar-refractivity contribution >= 4 is 0 Å². The predicted molar refractivity (Wildman–Crippen MR) is 113 cm³/mol. The van der Waals surface area contributed by atoms with E-state index in [1.54, 1.807) is 0 Å². The molecule has 0 spiro atoms. The van der Waals surface area contributed by atoms with Gasteiger partial charge in [-0.1, -0.05) is 62.8 Å². The van der Waals surface area contributed by atoms with Gasteiger partial charge in [0.2, 0.25) is 0 Å². The molecule has 4 rings (SSSR count). The second-order valence-electron chi connectivity index (χ2n) is 9.83. The van der Waals surface area contributed by atoms with Gasteiger partial charge in [0.15, 0.2) is 0 Å². The molecule has 1 heterocycles. The van der Waals surface area contributed by atoms with Crippen LogP contribution in [-0.2, 0) is 6.54 Å². The topological polar surface area (TPSA) is 23.5 Å². The molecule has 1 N–H and O–H groups in total. The average Bonchev–Trinajstić information content (AvgIpc) is 2.73. The molecule has 1 aromatic carbocycles. The molecular weight excluding hydrogens is 330 g/mol. The molecule has 0 amide bonds. The lowest BCUT2D eigenvalue weighted by molar-refractivity contribution is -0.121. The summed E-state index contributed by atoms with van der Waals surface area (Å²) < 4.78 is 0. The maximum Gasteiger partial charge on any atom is 0.0784 e. The van der Waals surface area contributed by atoms with E-state index in [0.29, 0.717) is 17.9 Å². The Balaban J connectivity index is 1.75.